The van der Waals surface area contributed by atoms with Crippen LogP contribution in [0, 0.1) is 0 Å². The fourth-order valence-corrected chi connectivity index (χ4v) is 4.19. The second kappa shape index (κ2) is 7.53. The number of hydrogen-bond donors (Lipinski definition) is 1. The number of aromatic carboxylic acids is 1. The van der Waals surface area contributed by atoms with Gasteiger partial charge < -0.3 is 20.0 Å². The topological polar surface area (TPSA) is 78.5 Å². The number of fused-ring (bicyclic) bond motifs is 1. The molecule has 1 heterocycles. The molecule has 5 nitrogen and oxygen atoms in total. The van der Waals surface area contributed by atoms with Crippen molar-refractivity contribution in [2.75, 3.05) is 12.4 Å². The fraction of sp³-hybridized carbons (Fsp3) is 0.263. The summed E-state index contributed by atoms with van der Waals surface area (Å²) in [6.07, 6.45) is 6.66. The molecule has 0 fully saturated rings. The highest BCUT2D eigenvalue weighted by molar-refractivity contribution is 7.17. The number of carbonyl (C=O) groups excluding carboxylic acids is 2. The molecule has 1 N–H and O–H groups in total. The number of thiophene rings is 1. The summed E-state index contributed by atoms with van der Waals surface area (Å²) in [7, 11) is 1.59. The SMILES string of the molecule is COc1ccc(/C=C/C(=O)Nc2sc3c(c2C(=O)[O-])CCCC3)cc1. The molecule has 1 amide bonds. The van der Waals surface area contributed by atoms with Crippen molar-refractivity contribution >= 4 is 34.3 Å². The van der Waals surface area contributed by atoms with E-state index in [0.717, 1.165) is 47.4 Å². The third-order valence-corrected chi connectivity index (χ3v) is 5.36. The van der Waals surface area contributed by atoms with Crippen LogP contribution in [0.5, 0.6) is 5.75 Å². The molecule has 1 aliphatic carbocycles. The molecule has 0 saturated heterocycles. The van der Waals surface area contributed by atoms with Crippen LogP contribution in [0.1, 0.15) is 39.2 Å². The van der Waals surface area contributed by atoms with Gasteiger partial charge in [-0.25, -0.2) is 0 Å². The Balaban J connectivity index is 1.75. The van der Waals surface area contributed by atoms with E-state index in [1.54, 1.807) is 25.3 Å². The van der Waals surface area contributed by atoms with Gasteiger partial charge in [0.25, 0.3) is 0 Å². The summed E-state index contributed by atoms with van der Waals surface area (Å²) in [5.41, 5.74) is 1.82. The molecular weight excluding hydrogens is 338 g/mol. The van der Waals surface area contributed by atoms with E-state index < -0.39 is 5.97 Å². The monoisotopic (exact) mass is 356 g/mol. The summed E-state index contributed by atoms with van der Waals surface area (Å²) >= 11 is 1.34. The zero-order valence-electron chi connectivity index (χ0n) is 13.8. The van der Waals surface area contributed by atoms with Crippen molar-refractivity contribution in [3.63, 3.8) is 0 Å². The zero-order valence-corrected chi connectivity index (χ0v) is 14.7. The van der Waals surface area contributed by atoms with Gasteiger partial charge in [-0.2, -0.15) is 0 Å². The summed E-state index contributed by atoms with van der Waals surface area (Å²) < 4.78 is 5.09. The first-order valence-electron chi connectivity index (χ1n) is 8.07. The molecule has 130 valence electrons. The summed E-state index contributed by atoms with van der Waals surface area (Å²) in [5.74, 6) is -0.852. The van der Waals surface area contributed by atoms with Gasteiger partial charge in [0, 0.05) is 16.5 Å². The lowest BCUT2D eigenvalue weighted by molar-refractivity contribution is -0.254. The van der Waals surface area contributed by atoms with E-state index in [-0.39, 0.29) is 11.5 Å². The molecule has 1 aromatic heterocycles. The minimum Gasteiger partial charge on any atom is -0.545 e. The number of nitrogens with one attached hydrogen (secondary N) is 1. The van der Waals surface area contributed by atoms with Crippen molar-refractivity contribution in [1.29, 1.82) is 0 Å². The van der Waals surface area contributed by atoms with Gasteiger partial charge in [-0.05, 0) is 55.0 Å². The van der Waals surface area contributed by atoms with Gasteiger partial charge >= 0.3 is 0 Å². The second-order valence-corrected chi connectivity index (χ2v) is 6.90. The van der Waals surface area contributed by atoms with Crippen LogP contribution < -0.4 is 15.2 Å². The highest BCUT2D eigenvalue weighted by Crippen LogP contribution is 2.37. The molecule has 2 aromatic rings. The van der Waals surface area contributed by atoms with E-state index in [1.165, 1.54) is 17.4 Å². The van der Waals surface area contributed by atoms with Crippen LogP contribution in [-0.2, 0) is 17.6 Å². The minimum atomic E-state index is -1.23. The molecular formula is C19H18NO4S-. The van der Waals surface area contributed by atoms with Crippen LogP contribution in [0.2, 0.25) is 0 Å². The van der Waals surface area contributed by atoms with Gasteiger partial charge in [0.1, 0.15) is 10.8 Å². The first kappa shape index (κ1) is 17.2. The number of carboxylic acids is 1. The molecule has 0 atom stereocenters. The largest absolute Gasteiger partial charge is 0.545 e. The lowest BCUT2D eigenvalue weighted by atomic mass is 9.95. The van der Waals surface area contributed by atoms with Crippen molar-refractivity contribution in [2.45, 2.75) is 25.7 Å². The predicted molar refractivity (Wildman–Crippen MR) is 95.9 cm³/mol. The summed E-state index contributed by atoms with van der Waals surface area (Å²) in [6.45, 7) is 0. The fourth-order valence-electron chi connectivity index (χ4n) is 2.91. The normalized spacial score (nSPS) is 13.5. The number of amides is 1. The van der Waals surface area contributed by atoms with E-state index in [2.05, 4.69) is 5.32 Å². The van der Waals surface area contributed by atoms with E-state index in [0.29, 0.717) is 5.00 Å². The predicted octanol–water partition coefficient (Wildman–Crippen LogP) is 2.65. The number of carbonyl (C=O) groups is 2. The third kappa shape index (κ3) is 3.91. The van der Waals surface area contributed by atoms with Crippen LogP contribution in [-0.4, -0.2) is 19.0 Å². The molecule has 6 heteroatoms. The van der Waals surface area contributed by atoms with Crippen LogP contribution in [0.3, 0.4) is 0 Å². The Labute approximate surface area is 149 Å². The molecule has 0 saturated carbocycles. The number of rotatable bonds is 5. The smallest absolute Gasteiger partial charge is 0.249 e. The number of carboxylic acid groups (broad SMARTS) is 1. The molecule has 1 aliphatic rings. The van der Waals surface area contributed by atoms with Crippen molar-refractivity contribution in [3.8, 4) is 5.75 Å². The number of aryl methyl sites for hydroxylation is 1. The molecule has 0 spiro atoms. The average Bonchev–Trinajstić information content (AvgIpc) is 2.98. The lowest BCUT2D eigenvalue weighted by Crippen LogP contribution is -2.25. The maximum atomic E-state index is 12.2. The summed E-state index contributed by atoms with van der Waals surface area (Å²) in [6, 6.07) is 7.27. The zero-order chi connectivity index (χ0) is 17.8. The minimum absolute atomic E-state index is 0.144. The maximum Gasteiger partial charge on any atom is 0.249 e. The Morgan fingerprint density at radius 1 is 1.20 bits per heavy atom. The van der Waals surface area contributed by atoms with Gasteiger partial charge in [0.05, 0.1) is 13.1 Å². The van der Waals surface area contributed by atoms with Crippen molar-refractivity contribution in [2.24, 2.45) is 0 Å². The van der Waals surface area contributed by atoms with Crippen molar-refractivity contribution in [1.82, 2.24) is 0 Å². The summed E-state index contributed by atoms with van der Waals surface area (Å²) in [4.78, 5) is 24.7. The molecule has 3 rings (SSSR count). The highest BCUT2D eigenvalue weighted by atomic mass is 32.1. The van der Waals surface area contributed by atoms with E-state index in [1.807, 2.05) is 12.1 Å². The molecule has 0 unspecified atom stereocenters. The Morgan fingerprint density at radius 2 is 1.92 bits per heavy atom. The van der Waals surface area contributed by atoms with Gasteiger partial charge in [0.2, 0.25) is 5.91 Å². The van der Waals surface area contributed by atoms with Crippen molar-refractivity contribution < 1.29 is 19.4 Å². The number of methoxy groups -OCH3 is 1. The van der Waals surface area contributed by atoms with E-state index >= 15 is 0 Å². The van der Waals surface area contributed by atoms with Crippen LogP contribution in [0.4, 0.5) is 5.00 Å². The summed E-state index contributed by atoms with van der Waals surface area (Å²) in [5, 5.41) is 14.6. The van der Waals surface area contributed by atoms with Gasteiger partial charge in [-0.3, -0.25) is 4.79 Å². The number of anilines is 1. The van der Waals surface area contributed by atoms with E-state index in [9.17, 15) is 14.7 Å². The quantitative estimate of drug-likeness (QED) is 0.836. The van der Waals surface area contributed by atoms with Crippen LogP contribution >= 0.6 is 11.3 Å². The number of ether oxygens (including phenoxy) is 1. The molecule has 1 aromatic carbocycles. The van der Waals surface area contributed by atoms with Gasteiger partial charge in [0.15, 0.2) is 0 Å². The third-order valence-electron chi connectivity index (χ3n) is 4.16. The Bertz CT molecular complexity index is 821. The lowest BCUT2D eigenvalue weighted by Gasteiger charge is -2.13. The molecule has 0 radical (unpaired) electrons. The van der Waals surface area contributed by atoms with Crippen LogP contribution in [0.25, 0.3) is 6.08 Å². The van der Waals surface area contributed by atoms with Crippen molar-refractivity contribution in [3.05, 3.63) is 51.9 Å². The maximum absolute atomic E-state index is 12.2. The first-order valence-corrected chi connectivity index (χ1v) is 8.89. The number of benzene rings is 1. The average molecular weight is 356 g/mol. The first-order chi connectivity index (χ1) is 12.1. The Morgan fingerprint density at radius 3 is 2.60 bits per heavy atom. The van der Waals surface area contributed by atoms with Crippen LogP contribution in [0.15, 0.2) is 30.3 Å². The Hall–Kier alpha value is -2.60. The second-order valence-electron chi connectivity index (χ2n) is 5.80. The van der Waals surface area contributed by atoms with Gasteiger partial charge in [-0.1, -0.05) is 12.1 Å². The number of hydrogen-bond acceptors (Lipinski definition) is 5. The van der Waals surface area contributed by atoms with E-state index in [4.69, 9.17) is 4.74 Å². The molecule has 0 bridgehead atoms. The van der Waals surface area contributed by atoms with Gasteiger partial charge in [-0.15, -0.1) is 11.3 Å². The highest BCUT2D eigenvalue weighted by Gasteiger charge is 2.22. The standard InChI is InChI=1S/C19H19NO4S/c1-24-13-9-6-12(7-10-13)8-11-16(21)20-18-17(19(22)23)14-4-2-3-5-15(14)25-18/h6-11H,2-5H2,1H3,(H,20,21)(H,22,23)/p-1/b11-8+. The molecule has 25 heavy (non-hydrogen) atoms. The molecule has 0 aliphatic heterocycles. The Kier molecular flexibility index (Phi) is 5.19.